The quantitative estimate of drug-likeness (QED) is 0.867. The molecular formula is C18H21ClN2. The lowest BCUT2D eigenvalue weighted by atomic mass is 9.87. The molecule has 1 N–H and O–H groups in total. The number of hydrogen-bond donors (Lipinski definition) is 1. The number of anilines is 2. The smallest absolute Gasteiger partial charge is 0.0659 e. The third-order valence-corrected chi connectivity index (χ3v) is 4.44. The third-order valence-electron chi connectivity index (χ3n) is 4.14. The Morgan fingerprint density at radius 2 is 1.95 bits per heavy atom. The van der Waals surface area contributed by atoms with Crippen molar-refractivity contribution in [3.05, 3.63) is 58.6 Å². The molecule has 0 heterocycles. The summed E-state index contributed by atoms with van der Waals surface area (Å²) in [5.41, 5.74) is 5.03. The van der Waals surface area contributed by atoms with Crippen LogP contribution in [0.15, 0.2) is 42.5 Å². The monoisotopic (exact) mass is 300 g/mol. The van der Waals surface area contributed by atoms with Gasteiger partial charge in [0.05, 0.1) is 16.8 Å². The molecule has 0 saturated carbocycles. The summed E-state index contributed by atoms with van der Waals surface area (Å²) in [6.07, 6.45) is 3.59. The van der Waals surface area contributed by atoms with Crippen LogP contribution in [-0.4, -0.2) is 14.1 Å². The minimum atomic E-state index is 0.385. The Labute approximate surface area is 131 Å². The van der Waals surface area contributed by atoms with E-state index in [9.17, 15) is 0 Å². The Morgan fingerprint density at radius 3 is 2.71 bits per heavy atom. The second-order valence-corrected chi connectivity index (χ2v) is 6.26. The molecule has 110 valence electrons. The first-order chi connectivity index (χ1) is 10.1. The van der Waals surface area contributed by atoms with E-state index in [2.05, 4.69) is 41.7 Å². The van der Waals surface area contributed by atoms with Gasteiger partial charge in [-0.25, -0.2) is 0 Å². The largest absolute Gasteiger partial charge is 0.378 e. The van der Waals surface area contributed by atoms with Crippen LogP contribution in [0.5, 0.6) is 0 Å². The van der Waals surface area contributed by atoms with Gasteiger partial charge in [0.25, 0.3) is 0 Å². The van der Waals surface area contributed by atoms with Crippen molar-refractivity contribution in [1.29, 1.82) is 0 Å². The highest BCUT2D eigenvalue weighted by Crippen LogP contribution is 2.34. The summed E-state index contributed by atoms with van der Waals surface area (Å²) in [6, 6.07) is 15.3. The van der Waals surface area contributed by atoms with Gasteiger partial charge in [0.2, 0.25) is 0 Å². The first-order valence-corrected chi connectivity index (χ1v) is 7.84. The Morgan fingerprint density at radius 1 is 1.14 bits per heavy atom. The van der Waals surface area contributed by atoms with Crippen molar-refractivity contribution in [2.75, 3.05) is 24.3 Å². The van der Waals surface area contributed by atoms with Gasteiger partial charge in [-0.1, -0.05) is 35.9 Å². The summed E-state index contributed by atoms with van der Waals surface area (Å²) in [6.45, 7) is 0. The van der Waals surface area contributed by atoms with Gasteiger partial charge in [0, 0.05) is 19.8 Å². The molecule has 0 spiro atoms. The molecule has 2 aromatic rings. The van der Waals surface area contributed by atoms with Crippen LogP contribution in [0.25, 0.3) is 0 Å². The van der Waals surface area contributed by atoms with E-state index in [0.717, 1.165) is 16.4 Å². The van der Waals surface area contributed by atoms with Crippen LogP contribution in [-0.2, 0) is 6.42 Å². The van der Waals surface area contributed by atoms with Crippen LogP contribution in [0, 0.1) is 0 Å². The molecular weight excluding hydrogens is 280 g/mol. The molecule has 0 fully saturated rings. The van der Waals surface area contributed by atoms with E-state index in [0.29, 0.717) is 6.04 Å². The van der Waals surface area contributed by atoms with Crippen LogP contribution in [0.4, 0.5) is 11.4 Å². The summed E-state index contributed by atoms with van der Waals surface area (Å²) < 4.78 is 0. The second kappa shape index (κ2) is 5.98. The lowest BCUT2D eigenvalue weighted by molar-refractivity contribution is 0.600. The first kappa shape index (κ1) is 14.3. The maximum atomic E-state index is 6.36. The second-order valence-electron chi connectivity index (χ2n) is 5.85. The van der Waals surface area contributed by atoms with Gasteiger partial charge in [-0.3, -0.25) is 0 Å². The van der Waals surface area contributed by atoms with Crippen molar-refractivity contribution < 1.29 is 0 Å². The van der Waals surface area contributed by atoms with Crippen LogP contribution in [0.1, 0.15) is 30.0 Å². The zero-order valence-corrected chi connectivity index (χ0v) is 13.3. The summed E-state index contributed by atoms with van der Waals surface area (Å²) in [5, 5.41) is 4.43. The molecule has 1 atom stereocenters. The SMILES string of the molecule is CN(C)c1ccc(NC2CCCc3ccccc32)cc1Cl. The normalized spacial score (nSPS) is 17.2. The average molecular weight is 301 g/mol. The van der Waals surface area contributed by atoms with Gasteiger partial charge in [0.15, 0.2) is 0 Å². The minimum absolute atomic E-state index is 0.385. The third kappa shape index (κ3) is 3.01. The number of halogens is 1. The van der Waals surface area contributed by atoms with Gasteiger partial charge >= 0.3 is 0 Å². The number of rotatable bonds is 3. The summed E-state index contributed by atoms with van der Waals surface area (Å²) in [4.78, 5) is 2.03. The molecule has 0 radical (unpaired) electrons. The molecule has 2 aromatic carbocycles. The zero-order chi connectivity index (χ0) is 14.8. The van der Waals surface area contributed by atoms with Gasteiger partial charge in [0.1, 0.15) is 0 Å². The zero-order valence-electron chi connectivity index (χ0n) is 12.6. The van der Waals surface area contributed by atoms with Crippen LogP contribution in [0.2, 0.25) is 5.02 Å². The maximum absolute atomic E-state index is 6.36. The Balaban J connectivity index is 1.83. The van der Waals surface area contributed by atoms with Gasteiger partial charge in [-0.05, 0) is 48.6 Å². The molecule has 3 heteroatoms. The van der Waals surface area contributed by atoms with Crippen LogP contribution in [0.3, 0.4) is 0 Å². The predicted molar refractivity (Wildman–Crippen MR) is 91.5 cm³/mol. The fourth-order valence-electron chi connectivity index (χ4n) is 3.06. The lowest BCUT2D eigenvalue weighted by Gasteiger charge is -2.27. The highest BCUT2D eigenvalue weighted by Gasteiger charge is 2.19. The van der Waals surface area contributed by atoms with E-state index < -0.39 is 0 Å². The maximum Gasteiger partial charge on any atom is 0.0659 e. The molecule has 0 aromatic heterocycles. The summed E-state index contributed by atoms with van der Waals surface area (Å²) in [7, 11) is 4.01. The number of hydrogen-bond acceptors (Lipinski definition) is 2. The fourth-order valence-corrected chi connectivity index (χ4v) is 3.41. The molecule has 0 aliphatic heterocycles. The van der Waals surface area contributed by atoms with Crippen molar-refractivity contribution in [1.82, 2.24) is 0 Å². The molecule has 0 saturated heterocycles. The van der Waals surface area contributed by atoms with Crippen molar-refractivity contribution in [3.63, 3.8) is 0 Å². The first-order valence-electron chi connectivity index (χ1n) is 7.46. The minimum Gasteiger partial charge on any atom is -0.378 e. The van der Waals surface area contributed by atoms with Gasteiger partial charge in [-0.2, -0.15) is 0 Å². The number of nitrogens with one attached hydrogen (secondary N) is 1. The fraction of sp³-hybridized carbons (Fsp3) is 0.333. The number of fused-ring (bicyclic) bond motifs is 1. The summed E-state index contributed by atoms with van der Waals surface area (Å²) in [5.74, 6) is 0. The van der Waals surface area contributed by atoms with E-state index in [-0.39, 0.29) is 0 Å². The van der Waals surface area contributed by atoms with Crippen molar-refractivity contribution >= 4 is 23.0 Å². The van der Waals surface area contributed by atoms with Crippen molar-refractivity contribution in [2.24, 2.45) is 0 Å². The standard InChI is InChI=1S/C18H21ClN2/c1-21(2)18-11-10-14(12-16(18)19)20-17-9-5-7-13-6-3-4-8-15(13)17/h3-4,6,8,10-12,17,20H,5,7,9H2,1-2H3. The molecule has 1 aliphatic rings. The van der Waals surface area contributed by atoms with E-state index in [1.165, 1.54) is 30.4 Å². The number of aryl methyl sites for hydroxylation is 1. The van der Waals surface area contributed by atoms with Gasteiger partial charge in [-0.15, -0.1) is 0 Å². The van der Waals surface area contributed by atoms with Crippen LogP contribution >= 0.6 is 11.6 Å². The molecule has 2 nitrogen and oxygen atoms in total. The Hall–Kier alpha value is -1.67. The van der Waals surface area contributed by atoms with Gasteiger partial charge < -0.3 is 10.2 Å². The molecule has 21 heavy (non-hydrogen) atoms. The predicted octanol–water partition coefficient (Wildman–Crippen LogP) is 4.90. The topological polar surface area (TPSA) is 15.3 Å². The highest BCUT2D eigenvalue weighted by molar-refractivity contribution is 6.33. The number of benzene rings is 2. The van der Waals surface area contributed by atoms with E-state index in [1.807, 2.05) is 25.1 Å². The van der Waals surface area contributed by atoms with E-state index in [1.54, 1.807) is 0 Å². The molecule has 1 unspecified atom stereocenters. The molecule has 0 amide bonds. The van der Waals surface area contributed by atoms with Crippen LogP contribution < -0.4 is 10.2 Å². The molecule has 0 bridgehead atoms. The Kier molecular flexibility index (Phi) is 4.07. The average Bonchev–Trinajstić information content (AvgIpc) is 2.47. The van der Waals surface area contributed by atoms with Crippen molar-refractivity contribution in [3.8, 4) is 0 Å². The Bertz CT molecular complexity index is 637. The molecule has 1 aliphatic carbocycles. The summed E-state index contributed by atoms with van der Waals surface area (Å²) >= 11 is 6.36. The molecule has 3 rings (SSSR count). The van der Waals surface area contributed by atoms with Crippen molar-refractivity contribution in [2.45, 2.75) is 25.3 Å². The van der Waals surface area contributed by atoms with E-state index >= 15 is 0 Å². The number of nitrogens with zero attached hydrogens (tertiary/aromatic N) is 1. The lowest BCUT2D eigenvalue weighted by Crippen LogP contribution is -2.17. The van der Waals surface area contributed by atoms with E-state index in [4.69, 9.17) is 11.6 Å². The highest BCUT2D eigenvalue weighted by atomic mass is 35.5.